The minimum absolute atomic E-state index is 0.0650. The van der Waals surface area contributed by atoms with Crippen molar-refractivity contribution < 1.29 is 134 Å². The molecule has 30 heteroatoms. The van der Waals surface area contributed by atoms with Crippen LogP contribution in [0.25, 0.3) is 0 Å². The van der Waals surface area contributed by atoms with Gasteiger partial charge < -0.3 is 77.9 Å². The lowest BCUT2D eigenvalue weighted by molar-refractivity contribution is -0.368. The van der Waals surface area contributed by atoms with Gasteiger partial charge in [-0.25, -0.2) is 4.79 Å². The number of hydrogen-bond donors (Lipinski definition) is 6. The predicted octanol–water partition coefficient (Wildman–Crippen LogP) is -1.52. The lowest BCUT2D eigenvalue weighted by atomic mass is 9.98. The van der Waals surface area contributed by atoms with Crippen molar-refractivity contribution in [1.29, 1.82) is 0 Å². The number of halogens is 12. The van der Waals surface area contributed by atoms with Crippen LogP contribution >= 0.6 is 0 Å². The van der Waals surface area contributed by atoms with Crippen LogP contribution in [0.1, 0.15) is 110 Å². The summed E-state index contributed by atoms with van der Waals surface area (Å²) in [5, 5.41) is 41.3. The van der Waals surface area contributed by atoms with Crippen LogP contribution in [0.2, 0.25) is 0 Å². The number of esters is 1. The zero-order chi connectivity index (χ0) is 61.2. The van der Waals surface area contributed by atoms with Gasteiger partial charge in [0.1, 0.15) is 23.9 Å². The van der Waals surface area contributed by atoms with Crippen molar-refractivity contribution in [3.05, 3.63) is 105 Å². The number of benzene rings is 3. The van der Waals surface area contributed by atoms with Gasteiger partial charge in [-0.2, -0.15) is 52.7 Å². The highest BCUT2D eigenvalue weighted by atomic mass is 19.4. The summed E-state index contributed by atoms with van der Waals surface area (Å²) >= 11 is 0. The molecular formula is C49H64F12N6O12. The molecule has 0 aromatic heterocycles. The Morgan fingerprint density at radius 3 is 0.785 bits per heavy atom. The normalized spacial score (nSPS) is 11.1. The number of carboxylic acids is 4. The molecule has 0 heterocycles. The molecule has 0 saturated carbocycles. The molecule has 0 bridgehead atoms. The number of aryl methyl sites for hydroxylation is 6. The summed E-state index contributed by atoms with van der Waals surface area (Å²) in [4.78, 5) is 74.2. The van der Waals surface area contributed by atoms with Gasteiger partial charge in [-0.05, 0) is 128 Å². The Kier molecular flexibility index (Phi) is 35.3. The Morgan fingerprint density at radius 2 is 0.595 bits per heavy atom. The van der Waals surface area contributed by atoms with Crippen molar-refractivity contribution in [2.75, 3.05) is 45.9 Å². The predicted molar refractivity (Wildman–Crippen MR) is 245 cm³/mol. The maximum Gasteiger partial charge on any atom is 0.430 e. The molecule has 446 valence electrons. The van der Waals surface area contributed by atoms with E-state index in [1.54, 1.807) is 6.92 Å². The Balaban J connectivity index is 0. The average Bonchev–Trinajstić information content (AvgIpc) is 3.35. The van der Waals surface area contributed by atoms with Gasteiger partial charge >= 0.3 is 30.7 Å². The van der Waals surface area contributed by atoms with Crippen LogP contribution < -0.4 is 54.0 Å². The largest absolute Gasteiger partial charge is 0.542 e. The molecule has 3 aromatic rings. The summed E-state index contributed by atoms with van der Waals surface area (Å²) in [5.74, 6) is -12.5. The van der Waals surface area contributed by atoms with Crippen LogP contribution in [-0.4, -0.2) is 112 Å². The fraction of sp³-hybridized carbons (Fsp3) is 0.490. The highest BCUT2D eigenvalue weighted by molar-refractivity contribution is 5.95. The standard InChI is InChI=1S/C41H60N6O4.4C2HF3O2/c1-2-51-41(50)38-28-34(13-7-19-46-39(48)36-24-30(9-3-15-42)21-31(25-36)10-4-16-43)23-35(29-38)14-8-20-47-40(49)37-26-32(11-5-17-44)22-33(27-37)12-6-18-45;4*3-2(4,5)1(6)7/h21-29H,2-20,42-45H2,1H3,(H,46,48)(H,47,49);4*(H,6,7). The van der Waals surface area contributed by atoms with Gasteiger partial charge in [0.15, 0.2) is 0 Å². The Labute approximate surface area is 445 Å². The SMILES string of the molecule is CCOC(=O)c1cc(CCCNC(=O)c2cc(CCC[NH3+])cc(CCC[NH3+])c2)cc(CCCNC(=O)c2cc(CCC[NH3+])cc(CCC[NH3+])c2)c1.O=C([O-])C(F)(F)F.O=C([O-])C(F)(F)F.O=C([O-])C(F)(F)F.O=C([O-])C(F)(F)F. The van der Waals surface area contributed by atoms with Gasteiger partial charge in [-0.3, -0.25) is 9.59 Å². The van der Waals surface area contributed by atoms with E-state index in [-0.39, 0.29) is 17.8 Å². The fourth-order valence-electron chi connectivity index (χ4n) is 6.26. The first-order valence-electron chi connectivity index (χ1n) is 24.0. The lowest BCUT2D eigenvalue weighted by Crippen LogP contribution is -2.50. The van der Waals surface area contributed by atoms with E-state index in [1.165, 1.54) is 22.3 Å². The van der Waals surface area contributed by atoms with E-state index in [2.05, 4.69) is 51.8 Å². The van der Waals surface area contributed by atoms with Gasteiger partial charge in [-0.1, -0.05) is 18.2 Å². The summed E-state index contributed by atoms with van der Waals surface area (Å²) in [5.41, 5.74) is 24.5. The monoisotopic (exact) mass is 1160 g/mol. The molecule has 0 aliphatic heterocycles. The van der Waals surface area contributed by atoms with E-state index >= 15 is 0 Å². The number of quaternary nitrogens is 4. The topological polar surface area (TPSA) is 356 Å². The highest BCUT2D eigenvalue weighted by Crippen LogP contribution is 2.19. The third-order valence-corrected chi connectivity index (χ3v) is 9.84. The molecule has 0 fully saturated rings. The maximum atomic E-state index is 13.1. The van der Waals surface area contributed by atoms with Gasteiger partial charge in [0.05, 0.1) is 38.3 Å². The summed E-state index contributed by atoms with van der Waals surface area (Å²) in [7, 11) is 0. The minimum atomic E-state index is -5.19. The Morgan fingerprint density at radius 1 is 0.392 bits per heavy atom. The van der Waals surface area contributed by atoms with Crippen LogP contribution in [0.5, 0.6) is 0 Å². The first kappa shape index (κ1) is 74.0. The molecule has 3 aromatic carbocycles. The quantitative estimate of drug-likeness (QED) is 0.0339. The number of nitrogens with one attached hydrogen (secondary N) is 2. The second-order valence-corrected chi connectivity index (χ2v) is 16.5. The second kappa shape index (κ2) is 37.7. The molecule has 0 aliphatic rings. The number of rotatable bonds is 24. The van der Waals surface area contributed by atoms with Gasteiger partial charge in [0, 0.05) is 49.9 Å². The first-order valence-corrected chi connectivity index (χ1v) is 24.0. The Hall–Kier alpha value is -7.05. The van der Waals surface area contributed by atoms with Gasteiger partial charge in [0.2, 0.25) is 0 Å². The minimum Gasteiger partial charge on any atom is -0.542 e. The van der Waals surface area contributed by atoms with Gasteiger partial charge in [0.25, 0.3) is 11.8 Å². The van der Waals surface area contributed by atoms with Crippen LogP contribution in [-0.2, 0) is 62.4 Å². The van der Waals surface area contributed by atoms with Crippen LogP contribution in [0.4, 0.5) is 52.7 Å². The number of hydrogen-bond acceptors (Lipinski definition) is 12. The Bertz CT molecular complexity index is 2130. The number of alkyl halides is 12. The van der Waals surface area contributed by atoms with Crippen molar-refractivity contribution >= 4 is 41.7 Å². The molecule has 0 radical (unpaired) electrons. The molecule has 0 aliphatic carbocycles. The van der Waals surface area contributed by atoms with Crippen molar-refractivity contribution in [2.45, 2.75) is 109 Å². The zero-order valence-corrected chi connectivity index (χ0v) is 42.9. The molecule has 0 spiro atoms. The molecule has 0 unspecified atom stereocenters. The van der Waals surface area contributed by atoms with Gasteiger partial charge in [-0.15, -0.1) is 0 Å². The maximum absolute atomic E-state index is 13.1. The molecule has 2 amide bonds. The third kappa shape index (κ3) is 35.2. The van der Waals surface area contributed by atoms with E-state index in [4.69, 9.17) is 44.3 Å². The molecule has 79 heavy (non-hydrogen) atoms. The summed E-state index contributed by atoms with van der Waals surface area (Å²) < 4.78 is 132. The van der Waals surface area contributed by atoms with Crippen LogP contribution in [0, 0.1) is 0 Å². The van der Waals surface area contributed by atoms with E-state index in [0.717, 1.165) is 102 Å². The zero-order valence-electron chi connectivity index (χ0n) is 42.9. The lowest BCUT2D eigenvalue weighted by Gasteiger charge is -2.12. The molecular weight excluding hydrogens is 1090 g/mol. The summed E-state index contributed by atoms with van der Waals surface area (Å²) in [6, 6.07) is 18.3. The molecule has 14 N–H and O–H groups in total. The first-order chi connectivity index (χ1) is 36.6. The summed E-state index contributed by atoms with van der Waals surface area (Å²) in [6.07, 6.45) is -10.3. The smallest absolute Gasteiger partial charge is 0.430 e. The van der Waals surface area contributed by atoms with E-state index in [0.29, 0.717) is 49.2 Å². The van der Waals surface area contributed by atoms with Crippen molar-refractivity contribution in [3.8, 4) is 0 Å². The second-order valence-electron chi connectivity index (χ2n) is 16.5. The van der Waals surface area contributed by atoms with E-state index < -0.39 is 48.6 Å². The summed E-state index contributed by atoms with van der Waals surface area (Å²) in [6.45, 7) is 6.62. The number of carbonyl (C=O) groups excluding carboxylic acids is 7. The van der Waals surface area contributed by atoms with Crippen molar-refractivity contribution in [1.82, 2.24) is 10.6 Å². The fourth-order valence-corrected chi connectivity index (χ4v) is 6.26. The average molecular weight is 1160 g/mol. The third-order valence-electron chi connectivity index (χ3n) is 9.84. The van der Waals surface area contributed by atoms with E-state index in [9.17, 15) is 67.1 Å². The number of amides is 2. The molecule has 0 saturated heterocycles. The number of carbonyl (C=O) groups is 7. The number of carboxylic acid groups (broad SMARTS) is 4. The number of ether oxygens (including phenoxy) is 1. The highest BCUT2D eigenvalue weighted by Gasteiger charge is 2.30. The number of aliphatic carboxylic acids is 4. The van der Waals surface area contributed by atoms with Crippen molar-refractivity contribution in [2.24, 2.45) is 0 Å². The molecule has 0 atom stereocenters. The van der Waals surface area contributed by atoms with Crippen LogP contribution in [0.3, 0.4) is 0 Å². The van der Waals surface area contributed by atoms with Crippen molar-refractivity contribution in [3.63, 3.8) is 0 Å². The van der Waals surface area contributed by atoms with Crippen LogP contribution in [0.15, 0.2) is 54.6 Å². The van der Waals surface area contributed by atoms with E-state index in [1.807, 2.05) is 36.4 Å². The molecule has 18 nitrogen and oxygen atoms in total. The molecule has 3 rings (SSSR count).